The second-order valence-electron chi connectivity index (χ2n) is 5.62. The van der Waals surface area contributed by atoms with Crippen molar-refractivity contribution in [3.8, 4) is 0 Å². The lowest BCUT2D eigenvalue weighted by Gasteiger charge is -2.13. The van der Waals surface area contributed by atoms with Gasteiger partial charge >= 0.3 is 0 Å². The Morgan fingerprint density at radius 3 is 2.35 bits per heavy atom. The van der Waals surface area contributed by atoms with E-state index < -0.39 is 10.0 Å². The molecule has 0 fully saturated rings. The van der Waals surface area contributed by atoms with E-state index in [2.05, 4.69) is 4.72 Å². The maximum absolute atomic E-state index is 12.4. The number of hydrogen-bond donors (Lipinski definition) is 1. The van der Waals surface area contributed by atoms with E-state index in [0.29, 0.717) is 23.6 Å². The number of nitrogens with one attached hydrogen (secondary N) is 1. The van der Waals surface area contributed by atoms with Gasteiger partial charge in [-0.25, -0.2) is 13.1 Å². The standard InChI is InChI=1S/C17H21ClN2O2S/c1-13-4-7-15(18)12-17(13)23(21,22)19-11-10-14-5-8-16(9-6-14)20(2)3/h4-9,12,19H,10-11H2,1-3H3. The zero-order chi connectivity index (χ0) is 17.0. The van der Waals surface area contributed by atoms with E-state index in [9.17, 15) is 8.42 Å². The minimum Gasteiger partial charge on any atom is -0.378 e. The quantitative estimate of drug-likeness (QED) is 0.868. The van der Waals surface area contributed by atoms with Gasteiger partial charge in [-0.2, -0.15) is 0 Å². The van der Waals surface area contributed by atoms with E-state index in [-0.39, 0.29) is 4.90 Å². The van der Waals surface area contributed by atoms with Crippen LogP contribution in [0.2, 0.25) is 5.02 Å². The third-order valence-electron chi connectivity index (χ3n) is 3.60. The molecule has 2 rings (SSSR count). The summed E-state index contributed by atoms with van der Waals surface area (Å²) in [5, 5.41) is 0.412. The third kappa shape index (κ3) is 4.70. The van der Waals surface area contributed by atoms with E-state index >= 15 is 0 Å². The number of halogens is 1. The molecule has 0 heterocycles. The van der Waals surface area contributed by atoms with Gasteiger partial charge in [0.05, 0.1) is 4.90 Å². The zero-order valence-electron chi connectivity index (χ0n) is 13.5. The molecule has 0 atom stereocenters. The van der Waals surface area contributed by atoms with Crippen molar-refractivity contribution in [1.29, 1.82) is 0 Å². The summed E-state index contributed by atoms with van der Waals surface area (Å²) >= 11 is 5.90. The Bertz CT molecular complexity index is 772. The predicted octanol–water partition coefficient (Wildman–Crippen LogP) is 3.24. The largest absolute Gasteiger partial charge is 0.378 e. The average molecular weight is 353 g/mol. The summed E-state index contributed by atoms with van der Waals surface area (Å²) < 4.78 is 27.4. The van der Waals surface area contributed by atoms with Crippen molar-refractivity contribution >= 4 is 27.3 Å². The number of anilines is 1. The fourth-order valence-electron chi connectivity index (χ4n) is 2.23. The molecule has 0 bridgehead atoms. The molecule has 1 N–H and O–H groups in total. The van der Waals surface area contributed by atoms with Crippen LogP contribution in [0.25, 0.3) is 0 Å². The SMILES string of the molecule is Cc1ccc(Cl)cc1S(=O)(=O)NCCc1ccc(N(C)C)cc1. The van der Waals surface area contributed by atoms with Gasteiger partial charge in [0.2, 0.25) is 10.0 Å². The maximum Gasteiger partial charge on any atom is 0.240 e. The van der Waals surface area contributed by atoms with Gasteiger partial charge in [0.1, 0.15) is 0 Å². The summed E-state index contributed by atoms with van der Waals surface area (Å²) in [6.45, 7) is 2.10. The lowest BCUT2D eigenvalue weighted by Crippen LogP contribution is -2.26. The molecule has 4 nitrogen and oxygen atoms in total. The molecule has 6 heteroatoms. The molecule has 0 spiro atoms. The van der Waals surface area contributed by atoms with Crippen LogP contribution in [0.1, 0.15) is 11.1 Å². The summed E-state index contributed by atoms with van der Waals surface area (Å²) in [6, 6.07) is 12.9. The second kappa shape index (κ2) is 7.34. The smallest absolute Gasteiger partial charge is 0.240 e. The summed E-state index contributed by atoms with van der Waals surface area (Å²) in [5.74, 6) is 0. The van der Waals surface area contributed by atoms with Crippen LogP contribution in [-0.2, 0) is 16.4 Å². The highest BCUT2D eigenvalue weighted by Crippen LogP contribution is 2.20. The van der Waals surface area contributed by atoms with Crippen molar-refractivity contribution in [3.05, 3.63) is 58.6 Å². The Kier molecular flexibility index (Phi) is 5.68. The fraction of sp³-hybridized carbons (Fsp3) is 0.294. The van der Waals surface area contributed by atoms with Gasteiger partial charge < -0.3 is 4.90 Å². The number of aryl methyl sites for hydroxylation is 1. The van der Waals surface area contributed by atoms with Gasteiger partial charge in [0, 0.05) is 31.4 Å². The highest BCUT2D eigenvalue weighted by Gasteiger charge is 2.16. The summed E-state index contributed by atoms with van der Waals surface area (Å²) in [7, 11) is 0.417. The third-order valence-corrected chi connectivity index (χ3v) is 5.44. The van der Waals surface area contributed by atoms with Gasteiger partial charge in [-0.05, 0) is 48.7 Å². The first-order chi connectivity index (χ1) is 10.8. The molecule has 2 aromatic carbocycles. The van der Waals surface area contributed by atoms with E-state index in [4.69, 9.17) is 11.6 Å². The first kappa shape index (κ1) is 17.8. The maximum atomic E-state index is 12.4. The molecule has 23 heavy (non-hydrogen) atoms. The number of hydrogen-bond acceptors (Lipinski definition) is 3. The normalized spacial score (nSPS) is 11.5. The highest BCUT2D eigenvalue weighted by molar-refractivity contribution is 7.89. The van der Waals surface area contributed by atoms with Crippen molar-refractivity contribution in [2.24, 2.45) is 0 Å². The summed E-state index contributed by atoms with van der Waals surface area (Å²) in [5.41, 5.74) is 2.88. The minimum absolute atomic E-state index is 0.230. The molecule has 0 radical (unpaired) electrons. The monoisotopic (exact) mass is 352 g/mol. The van der Waals surface area contributed by atoms with Crippen LogP contribution in [-0.4, -0.2) is 29.1 Å². The predicted molar refractivity (Wildman–Crippen MR) is 95.9 cm³/mol. The van der Waals surface area contributed by atoms with Crippen LogP contribution in [0.4, 0.5) is 5.69 Å². The second-order valence-corrected chi connectivity index (χ2v) is 7.79. The van der Waals surface area contributed by atoms with E-state index in [1.165, 1.54) is 6.07 Å². The Morgan fingerprint density at radius 1 is 1.09 bits per heavy atom. The molecule has 0 saturated heterocycles. The number of nitrogens with zero attached hydrogens (tertiary/aromatic N) is 1. The Balaban J connectivity index is 2.01. The van der Waals surface area contributed by atoms with Crippen molar-refractivity contribution in [2.75, 3.05) is 25.5 Å². The average Bonchev–Trinajstić information content (AvgIpc) is 2.50. The van der Waals surface area contributed by atoms with Gasteiger partial charge in [-0.15, -0.1) is 0 Å². The Morgan fingerprint density at radius 2 is 1.74 bits per heavy atom. The Labute approximate surface area is 143 Å². The first-order valence-electron chi connectivity index (χ1n) is 7.32. The fourth-order valence-corrected chi connectivity index (χ4v) is 3.77. The molecular weight excluding hydrogens is 332 g/mol. The van der Waals surface area contributed by atoms with Crippen molar-refractivity contribution in [3.63, 3.8) is 0 Å². The molecule has 0 aromatic heterocycles. The lowest BCUT2D eigenvalue weighted by atomic mass is 10.1. The van der Waals surface area contributed by atoms with Crippen LogP contribution in [0.5, 0.6) is 0 Å². The van der Waals surface area contributed by atoms with Crippen LogP contribution in [0.15, 0.2) is 47.4 Å². The van der Waals surface area contributed by atoms with Crippen LogP contribution in [0.3, 0.4) is 0 Å². The van der Waals surface area contributed by atoms with E-state index in [0.717, 1.165) is 11.3 Å². The van der Waals surface area contributed by atoms with E-state index in [1.54, 1.807) is 19.1 Å². The van der Waals surface area contributed by atoms with E-state index in [1.807, 2.05) is 43.3 Å². The van der Waals surface area contributed by atoms with Gasteiger partial charge in [0.15, 0.2) is 0 Å². The minimum atomic E-state index is -3.55. The van der Waals surface area contributed by atoms with Crippen LogP contribution < -0.4 is 9.62 Å². The van der Waals surface area contributed by atoms with Crippen molar-refractivity contribution in [1.82, 2.24) is 4.72 Å². The number of benzene rings is 2. The molecule has 2 aromatic rings. The van der Waals surface area contributed by atoms with Crippen LogP contribution in [0, 0.1) is 6.92 Å². The zero-order valence-corrected chi connectivity index (χ0v) is 15.1. The Hall–Kier alpha value is -1.56. The lowest BCUT2D eigenvalue weighted by molar-refractivity contribution is 0.581. The molecule has 0 aliphatic carbocycles. The molecule has 0 aliphatic rings. The molecule has 0 aliphatic heterocycles. The van der Waals surface area contributed by atoms with Crippen LogP contribution >= 0.6 is 11.6 Å². The van der Waals surface area contributed by atoms with Crippen molar-refractivity contribution in [2.45, 2.75) is 18.2 Å². The number of rotatable bonds is 6. The molecule has 0 saturated carbocycles. The van der Waals surface area contributed by atoms with Gasteiger partial charge in [0.25, 0.3) is 0 Å². The summed E-state index contributed by atoms with van der Waals surface area (Å²) in [6.07, 6.45) is 0.631. The topological polar surface area (TPSA) is 49.4 Å². The number of sulfonamides is 1. The first-order valence-corrected chi connectivity index (χ1v) is 9.18. The van der Waals surface area contributed by atoms with Gasteiger partial charge in [-0.1, -0.05) is 29.8 Å². The molecule has 0 amide bonds. The van der Waals surface area contributed by atoms with Gasteiger partial charge in [-0.3, -0.25) is 0 Å². The highest BCUT2D eigenvalue weighted by atomic mass is 35.5. The molecular formula is C17H21ClN2O2S. The van der Waals surface area contributed by atoms with Crippen molar-refractivity contribution < 1.29 is 8.42 Å². The molecule has 124 valence electrons. The molecule has 0 unspecified atom stereocenters. The summed E-state index contributed by atoms with van der Waals surface area (Å²) in [4.78, 5) is 2.25.